The summed E-state index contributed by atoms with van der Waals surface area (Å²) in [4.78, 5) is 0. The lowest BCUT2D eigenvalue weighted by molar-refractivity contribution is 0.0771. The van der Waals surface area contributed by atoms with Crippen molar-refractivity contribution >= 4 is 0 Å². The summed E-state index contributed by atoms with van der Waals surface area (Å²) in [5.41, 5.74) is 6.17. The maximum atomic E-state index is 6.23. The summed E-state index contributed by atoms with van der Waals surface area (Å²) in [6.07, 6.45) is 2.39. The SMILES string of the molecule is CCC(C)C1(N)CCOC1C. The van der Waals surface area contributed by atoms with Crippen LogP contribution in [0.1, 0.15) is 33.6 Å². The molecule has 66 valence electrons. The molecule has 0 bridgehead atoms. The van der Waals surface area contributed by atoms with Crippen molar-refractivity contribution in [1.82, 2.24) is 0 Å². The zero-order chi connectivity index (χ0) is 8.48. The second kappa shape index (κ2) is 3.11. The van der Waals surface area contributed by atoms with Crippen molar-refractivity contribution in [3.05, 3.63) is 0 Å². The summed E-state index contributed by atoms with van der Waals surface area (Å²) < 4.78 is 5.47. The molecule has 11 heavy (non-hydrogen) atoms. The van der Waals surface area contributed by atoms with Gasteiger partial charge in [-0.25, -0.2) is 0 Å². The third kappa shape index (κ3) is 1.42. The molecule has 0 aliphatic carbocycles. The molecule has 0 saturated carbocycles. The van der Waals surface area contributed by atoms with Crippen molar-refractivity contribution in [2.24, 2.45) is 11.7 Å². The van der Waals surface area contributed by atoms with E-state index in [0.29, 0.717) is 5.92 Å². The number of ether oxygens (including phenoxy) is 1. The second-order valence-corrected chi connectivity index (χ2v) is 3.68. The van der Waals surface area contributed by atoms with Gasteiger partial charge in [-0.1, -0.05) is 20.3 Å². The first-order valence-electron chi connectivity index (χ1n) is 4.51. The molecule has 3 atom stereocenters. The smallest absolute Gasteiger partial charge is 0.0729 e. The zero-order valence-electron chi connectivity index (χ0n) is 7.76. The van der Waals surface area contributed by atoms with E-state index in [1.54, 1.807) is 0 Å². The van der Waals surface area contributed by atoms with Crippen LogP contribution in [0.4, 0.5) is 0 Å². The van der Waals surface area contributed by atoms with Gasteiger partial charge in [0, 0.05) is 12.1 Å². The summed E-state index contributed by atoms with van der Waals surface area (Å²) in [6.45, 7) is 7.32. The highest BCUT2D eigenvalue weighted by Gasteiger charge is 2.41. The number of nitrogens with two attached hydrogens (primary N) is 1. The highest BCUT2D eigenvalue weighted by Crippen LogP contribution is 2.31. The van der Waals surface area contributed by atoms with Gasteiger partial charge in [0.05, 0.1) is 6.10 Å². The van der Waals surface area contributed by atoms with Crippen molar-refractivity contribution in [3.8, 4) is 0 Å². The lowest BCUT2D eigenvalue weighted by Crippen LogP contribution is -2.51. The van der Waals surface area contributed by atoms with E-state index in [4.69, 9.17) is 10.5 Å². The third-order valence-electron chi connectivity index (χ3n) is 3.19. The van der Waals surface area contributed by atoms with E-state index >= 15 is 0 Å². The second-order valence-electron chi connectivity index (χ2n) is 3.68. The molecular weight excluding hydrogens is 138 g/mol. The van der Waals surface area contributed by atoms with Gasteiger partial charge >= 0.3 is 0 Å². The molecule has 3 unspecified atom stereocenters. The Labute approximate surface area is 69.1 Å². The van der Waals surface area contributed by atoms with Crippen LogP contribution >= 0.6 is 0 Å². The minimum absolute atomic E-state index is 0.0608. The molecule has 1 rings (SSSR count). The van der Waals surface area contributed by atoms with E-state index in [-0.39, 0.29) is 11.6 Å². The van der Waals surface area contributed by atoms with Crippen LogP contribution in [0.5, 0.6) is 0 Å². The normalized spacial score (nSPS) is 40.9. The van der Waals surface area contributed by atoms with Gasteiger partial charge in [-0.15, -0.1) is 0 Å². The monoisotopic (exact) mass is 157 g/mol. The summed E-state index contributed by atoms with van der Waals surface area (Å²) >= 11 is 0. The molecule has 1 saturated heterocycles. The topological polar surface area (TPSA) is 35.2 Å². The molecule has 2 nitrogen and oxygen atoms in total. The predicted octanol–water partition coefficient (Wildman–Crippen LogP) is 1.54. The number of hydrogen-bond donors (Lipinski definition) is 1. The van der Waals surface area contributed by atoms with Gasteiger partial charge in [0.25, 0.3) is 0 Å². The van der Waals surface area contributed by atoms with Crippen LogP contribution in [0, 0.1) is 5.92 Å². The molecule has 0 radical (unpaired) electrons. The predicted molar refractivity (Wildman–Crippen MR) is 46.4 cm³/mol. The molecule has 0 aromatic heterocycles. The van der Waals surface area contributed by atoms with Crippen LogP contribution < -0.4 is 5.73 Å². The molecule has 1 aliphatic rings. The minimum atomic E-state index is -0.0608. The molecular formula is C9H19NO. The lowest BCUT2D eigenvalue weighted by Gasteiger charge is -2.33. The Bertz CT molecular complexity index is 138. The van der Waals surface area contributed by atoms with E-state index < -0.39 is 0 Å². The third-order valence-corrected chi connectivity index (χ3v) is 3.19. The van der Waals surface area contributed by atoms with Crippen molar-refractivity contribution in [1.29, 1.82) is 0 Å². The molecule has 2 N–H and O–H groups in total. The Balaban J connectivity index is 2.64. The summed E-state index contributed by atoms with van der Waals surface area (Å²) in [5.74, 6) is 0.569. The van der Waals surface area contributed by atoms with E-state index in [1.807, 2.05) is 0 Å². The first kappa shape index (κ1) is 9.01. The van der Waals surface area contributed by atoms with Crippen LogP contribution in [0.3, 0.4) is 0 Å². The highest BCUT2D eigenvalue weighted by atomic mass is 16.5. The van der Waals surface area contributed by atoms with Crippen molar-refractivity contribution in [2.75, 3.05) is 6.61 Å². The molecule has 1 fully saturated rings. The minimum Gasteiger partial charge on any atom is -0.377 e. The Morgan fingerprint density at radius 2 is 2.36 bits per heavy atom. The molecule has 1 aliphatic heterocycles. The number of rotatable bonds is 2. The Hall–Kier alpha value is -0.0800. The Morgan fingerprint density at radius 3 is 2.73 bits per heavy atom. The molecule has 0 aromatic rings. The van der Waals surface area contributed by atoms with Crippen molar-refractivity contribution < 1.29 is 4.74 Å². The maximum Gasteiger partial charge on any atom is 0.0729 e. The van der Waals surface area contributed by atoms with Crippen molar-refractivity contribution in [3.63, 3.8) is 0 Å². The van der Waals surface area contributed by atoms with E-state index in [2.05, 4.69) is 20.8 Å². The lowest BCUT2D eigenvalue weighted by atomic mass is 9.79. The van der Waals surface area contributed by atoms with E-state index in [0.717, 1.165) is 19.4 Å². The van der Waals surface area contributed by atoms with Gasteiger partial charge in [0.15, 0.2) is 0 Å². The fraction of sp³-hybridized carbons (Fsp3) is 1.00. The van der Waals surface area contributed by atoms with Gasteiger partial charge in [-0.05, 0) is 19.3 Å². The number of hydrogen-bond acceptors (Lipinski definition) is 2. The van der Waals surface area contributed by atoms with Crippen LogP contribution in [0.15, 0.2) is 0 Å². The summed E-state index contributed by atoms with van der Waals surface area (Å²) in [7, 11) is 0. The van der Waals surface area contributed by atoms with Crippen molar-refractivity contribution in [2.45, 2.75) is 45.3 Å². The quantitative estimate of drug-likeness (QED) is 0.660. The van der Waals surface area contributed by atoms with Crippen LogP contribution in [-0.4, -0.2) is 18.2 Å². The first-order chi connectivity index (χ1) is 5.11. The zero-order valence-corrected chi connectivity index (χ0v) is 7.76. The van der Waals surface area contributed by atoms with Gasteiger partial charge in [-0.3, -0.25) is 0 Å². The Kier molecular flexibility index (Phi) is 2.55. The van der Waals surface area contributed by atoms with Gasteiger partial charge in [0.1, 0.15) is 0 Å². The van der Waals surface area contributed by atoms with Crippen LogP contribution in [0.2, 0.25) is 0 Å². The fourth-order valence-corrected chi connectivity index (χ4v) is 1.80. The van der Waals surface area contributed by atoms with Gasteiger partial charge < -0.3 is 10.5 Å². The standard InChI is InChI=1S/C9H19NO/c1-4-7(2)9(10)5-6-11-8(9)3/h7-8H,4-6,10H2,1-3H3. The average Bonchev–Trinajstić information content (AvgIpc) is 2.32. The van der Waals surface area contributed by atoms with E-state index in [1.165, 1.54) is 0 Å². The largest absolute Gasteiger partial charge is 0.377 e. The molecule has 0 spiro atoms. The summed E-state index contributed by atoms with van der Waals surface area (Å²) in [5, 5.41) is 0. The average molecular weight is 157 g/mol. The van der Waals surface area contributed by atoms with Gasteiger partial charge in [-0.2, -0.15) is 0 Å². The van der Waals surface area contributed by atoms with Crippen LogP contribution in [0.25, 0.3) is 0 Å². The molecule has 0 amide bonds. The Morgan fingerprint density at radius 1 is 1.73 bits per heavy atom. The molecule has 0 aromatic carbocycles. The summed E-state index contributed by atoms with van der Waals surface area (Å²) in [6, 6.07) is 0. The fourth-order valence-electron chi connectivity index (χ4n) is 1.80. The highest BCUT2D eigenvalue weighted by molar-refractivity contribution is 4.97. The first-order valence-corrected chi connectivity index (χ1v) is 4.51. The van der Waals surface area contributed by atoms with Gasteiger partial charge in [0.2, 0.25) is 0 Å². The molecule has 2 heteroatoms. The van der Waals surface area contributed by atoms with E-state index in [9.17, 15) is 0 Å². The van der Waals surface area contributed by atoms with Crippen LogP contribution in [-0.2, 0) is 4.74 Å². The maximum absolute atomic E-state index is 6.23. The molecule has 1 heterocycles.